The van der Waals surface area contributed by atoms with Crippen molar-refractivity contribution in [2.24, 2.45) is 0 Å². The van der Waals surface area contributed by atoms with Crippen LogP contribution in [0.25, 0.3) is 11.0 Å². The van der Waals surface area contributed by atoms with Gasteiger partial charge in [0.05, 0.1) is 12.5 Å². The summed E-state index contributed by atoms with van der Waals surface area (Å²) >= 11 is 0. The van der Waals surface area contributed by atoms with E-state index < -0.39 is 30.0 Å². The van der Waals surface area contributed by atoms with E-state index in [0.717, 1.165) is 12.7 Å². The molecular formula is C19H15NO8. The minimum atomic E-state index is -1.09. The van der Waals surface area contributed by atoms with E-state index in [1.54, 1.807) is 24.3 Å². The van der Waals surface area contributed by atoms with Gasteiger partial charge in [0.1, 0.15) is 13.2 Å². The molecule has 0 bridgehead atoms. The molecule has 144 valence electrons. The molecule has 0 aliphatic carbocycles. The lowest BCUT2D eigenvalue weighted by Gasteiger charge is -2.08. The minimum absolute atomic E-state index is 0.00442. The molecule has 9 heteroatoms. The summed E-state index contributed by atoms with van der Waals surface area (Å²) in [6.07, 6.45) is -1.04. The summed E-state index contributed by atoms with van der Waals surface area (Å²) in [4.78, 5) is 48.1. The van der Waals surface area contributed by atoms with Crippen LogP contribution in [0.2, 0.25) is 0 Å². The van der Waals surface area contributed by atoms with Gasteiger partial charge in [-0.15, -0.1) is 0 Å². The van der Waals surface area contributed by atoms with Crippen LogP contribution >= 0.6 is 0 Å². The van der Waals surface area contributed by atoms with E-state index in [-0.39, 0.29) is 23.3 Å². The Labute approximate surface area is 157 Å². The smallest absolute Gasteiger partial charge is 0.459 e. The maximum absolute atomic E-state index is 12.6. The summed E-state index contributed by atoms with van der Waals surface area (Å²) in [7, 11) is 1.11. The van der Waals surface area contributed by atoms with Gasteiger partial charge >= 0.3 is 17.9 Å². The van der Waals surface area contributed by atoms with Crippen LogP contribution in [0, 0.1) is 0 Å². The number of esters is 1. The number of methoxy groups -OCH3 is 1. The van der Waals surface area contributed by atoms with Gasteiger partial charge in [0.15, 0.2) is 11.3 Å². The van der Waals surface area contributed by atoms with Gasteiger partial charge in [-0.1, -0.05) is 36.4 Å². The van der Waals surface area contributed by atoms with E-state index in [1.807, 2.05) is 6.07 Å². The Bertz CT molecular complexity index is 1130. The normalized spacial score (nSPS) is 10.5. The molecule has 0 spiro atoms. The van der Waals surface area contributed by atoms with Crippen molar-refractivity contribution < 1.29 is 28.2 Å². The monoisotopic (exact) mass is 385 g/mol. The topological polar surface area (TPSA) is 114 Å². The third-order valence-corrected chi connectivity index (χ3v) is 3.75. The van der Waals surface area contributed by atoms with Crippen molar-refractivity contribution in [1.82, 2.24) is 4.57 Å². The first-order valence-electron chi connectivity index (χ1n) is 8.11. The second-order valence-electron chi connectivity index (χ2n) is 5.59. The van der Waals surface area contributed by atoms with E-state index in [0.29, 0.717) is 4.57 Å². The number of hydrogen-bond donors (Lipinski definition) is 0. The molecular weight excluding hydrogens is 370 g/mol. The van der Waals surface area contributed by atoms with Crippen molar-refractivity contribution in [3.63, 3.8) is 0 Å². The number of carbonyl (C=O) groups is 2. The van der Waals surface area contributed by atoms with E-state index >= 15 is 0 Å². The molecule has 0 unspecified atom stereocenters. The van der Waals surface area contributed by atoms with Gasteiger partial charge in [-0.2, -0.15) is 0 Å². The molecule has 0 N–H and O–H groups in total. The SMILES string of the molecule is COC(=O)Oc1cccc2c(=O)n(CC(=O)OCc3ccccc3)c(=O)oc12. The Morgan fingerprint density at radius 1 is 1.04 bits per heavy atom. The molecule has 3 rings (SSSR count). The molecule has 2 aromatic carbocycles. The fourth-order valence-electron chi connectivity index (χ4n) is 2.42. The van der Waals surface area contributed by atoms with E-state index in [4.69, 9.17) is 13.9 Å². The number of aromatic nitrogens is 1. The molecule has 0 atom stereocenters. The molecule has 0 radical (unpaired) electrons. The summed E-state index contributed by atoms with van der Waals surface area (Å²) in [5.74, 6) is -2.02. The maximum Gasteiger partial charge on any atom is 0.513 e. The summed E-state index contributed by atoms with van der Waals surface area (Å²) in [5, 5.41) is -0.0446. The predicted molar refractivity (Wildman–Crippen MR) is 96.0 cm³/mol. The lowest BCUT2D eigenvalue weighted by atomic mass is 10.2. The number of carbonyl (C=O) groups excluding carboxylic acids is 2. The average molecular weight is 385 g/mol. The van der Waals surface area contributed by atoms with Crippen molar-refractivity contribution in [2.75, 3.05) is 7.11 Å². The molecule has 1 heterocycles. The third-order valence-electron chi connectivity index (χ3n) is 3.75. The second kappa shape index (κ2) is 8.21. The van der Waals surface area contributed by atoms with Crippen LogP contribution in [0.3, 0.4) is 0 Å². The van der Waals surface area contributed by atoms with Gasteiger partial charge in [-0.3, -0.25) is 9.59 Å². The van der Waals surface area contributed by atoms with Gasteiger partial charge in [0, 0.05) is 0 Å². The Hall–Kier alpha value is -3.88. The van der Waals surface area contributed by atoms with Crippen LogP contribution in [0.5, 0.6) is 5.75 Å². The standard InChI is InChI=1S/C19H15NO8/c1-25-19(24)27-14-9-5-8-13-16(14)28-18(23)20(17(13)22)10-15(21)26-11-12-6-3-2-4-7-12/h2-9H,10-11H2,1H3. The number of ether oxygens (including phenoxy) is 3. The highest BCUT2D eigenvalue weighted by Crippen LogP contribution is 2.22. The van der Waals surface area contributed by atoms with Crippen molar-refractivity contribution in [3.8, 4) is 5.75 Å². The van der Waals surface area contributed by atoms with Gasteiger partial charge < -0.3 is 18.6 Å². The largest absolute Gasteiger partial charge is 0.513 e. The first kappa shape index (κ1) is 18.9. The molecule has 9 nitrogen and oxygen atoms in total. The van der Waals surface area contributed by atoms with Crippen LogP contribution < -0.4 is 16.1 Å². The Kier molecular flexibility index (Phi) is 5.54. The fraction of sp³-hybridized carbons (Fsp3) is 0.158. The van der Waals surface area contributed by atoms with Gasteiger partial charge in [0.2, 0.25) is 0 Å². The average Bonchev–Trinajstić information content (AvgIpc) is 2.71. The van der Waals surface area contributed by atoms with Crippen LogP contribution in [-0.2, 0) is 27.4 Å². The van der Waals surface area contributed by atoms with Crippen LogP contribution in [0.15, 0.2) is 62.5 Å². The van der Waals surface area contributed by atoms with Crippen molar-refractivity contribution in [2.45, 2.75) is 13.2 Å². The van der Waals surface area contributed by atoms with Crippen molar-refractivity contribution in [1.29, 1.82) is 0 Å². The Morgan fingerprint density at radius 2 is 1.79 bits per heavy atom. The molecule has 0 saturated heterocycles. The lowest BCUT2D eigenvalue weighted by Crippen LogP contribution is -2.35. The third kappa shape index (κ3) is 4.09. The first-order valence-corrected chi connectivity index (χ1v) is 8.11. The molecule has 0 saturated carbocycles. The minimum Gasteiger partial charge on any atom is -0.459 e. The van der Waals surface area contributed by atoms with Crippen LogP contribution in [0.1, 0.15) is 5.56 Å². The fourth-order valence-corrected chi connectivity index (χ4v) is 2.42. The maximum atomic E-state index is 12.6. The zero-order valence-electron chi connectivity index (χ0n) is 14.7. The van der Waals surface area contributed by atoms with Crippen LogP contribution in [0.4, 0.5) is 4.79 Å². The van der Waals surface area contributed by atoms with E-state index in [9.17, 15) is 19.2 Å². The summed E-state index contributed by atoms with van der Waals surface area (Å²) in [5.41, 5.74) is -0.242. The van der Waals surface area contributed by atoms with E-state index in [1.165, 1.54) is 18.2 Å². The van der Waals surface area contributed by atoms with Crippen molar-refractivity contribution >= 4 is 23.1 Å². The molecule has 0 amide bonds. The molecule has 0 aliphatic rings. The zero-order chi connectivity index (χ0) is 20.1. The Morgan fingerprint density at radius 3 is 2.50 bits per heavy atom. The highest BCUT2D eigenvalue weighted by molar-refractivity contribution is 5.83. The number of para-hydroxylation sites is 1. The highest BCUT2D eigenvalue weighted by Gasteiger charge is 2.18. The van der Waals surface area contributed by atoms with Gasteiger partial charge in [0.25, 0.3) is 5.56 Å². The Balaban J connectivity index is 1.86. The lowest BCUT2D eigenvalue weighted by molar-refractivity contribution is -0.145. The van der Waals surface area contributed by atoms with Crippen LogP contribution in [-0.4, -0.2) is 23.8 Å². The van der Waals surface area contributed by atoms with Gasteiger partial charge in [-0.05, 0) is 17.7 Å². The number of hydrogen-bond acceptors (Lipinski definition) is 8. The van der Waals surface area contributed by atoms with Crippen molar-refractivity contribution in [3.05, 3.63) is 75.0 Å². The number of rotatable bonds is 5. The summed E-state index contributed by atoms with van der Waals surface area (Å²) in [6.45, 7) is -0.615. The molecule has 3 aromatic rings. The van der Waals surface area contributed by atoms with E-state index in [2.05, 4.69) is 4.74 Å². The molecule has 0 fully saturated rings. The number of fused-ring (bicyclic) bond motifs is 1. The second-order valence-corrected chi connectivity index (χ2v) is 5.59. The number of nitrogens with zero attached hydrogens (tertiary/aromatic N) is 1. The zero-order valence-corrected chi connectivity index (χ0v) is 14.7. The highest BCUT2D eigenvalue weighted by atomic mass is 16.7. The number of benzene rings is 2. The first-order chi connectivity index (χ1) is 13.5. The summed E-state index contributed by atoms with van der Waals surface area (Å²) < 4.78 is 20.0. The predicted octanol–water partition coefficient (Wildman–Crippen LogP) is 1.84. The molecule has 1 aromatic heterocycles. The quantitative estimate of drug-likeness (QED) is 0.483. The van der Waals surface area contributed by atoms with Gasteiger partial charge in [-0.25, -0.2) is 14.2 Å². The molecule has 28 heavy (non-hydrogen) atoms. The molecule has 0 aliphatic heterocycles. The summed E-state index contributed by atoms with van der Waals surface area (Å²) in [6, 6.07) is 13.1.